The van der Waals surface area contributed by atoms with E-state index in [4.69, 9.17) is 11.6 Å². The summed E-state index contributed by atoms with van der Waals surface area (Å²) in [5.41, 5.74) is 1.44. The fourth-order valence-electron chi connectivity index (χ4n) is 3.07. The maximum atomic E-state index is 12.5. The van der Waals surface area contributed by atoms with Gasteiger partial charge in [-0.15, -0.1) is 0 Å². The second-order valence-corrected chi connectivity index (χ2v) is 7.86. The summed E-state index contributed by atoms with van der Waals surface area (Å²) in [5.74, 6) is 1.29. The van der Waals surface area contributed by atoms with Crippen molar-refractivity contribution >= 4 is 39.3 Å². The Hall–Kier alpha value is -2.26. The molecule has 27 heavy (non-hydrogen) atoms. The van der Waals surface area contributed by atoms with Crippen molar-refractivity contribution in [1.82, 2.24) is 29.5 Å². The van der Waals surface area contributed by atoms with Crippen LogP contribution < -0.4 is 4.90 Å². The molecule has 10 heteroatoms. The van der Waals surface area contributed by atoms with Gasteiger partial charge in [-0.3, -0.25) is 14.4 Å². The molecule has 3 aromatic rings. The Morgan fingerprint density at radius 1 is 1.26 bits per heavy atom. The lowest BCUT2D eigenvalue weighted by Crippen LogP contribution is -2.37. The number of carbonyl (C=O) groups is 1. The molecule has 0 atom stereocenters. The van der Waals surface area contributed by atoms with E-state index in [2.05, 4.69) is 36.1 Å². The quantitative estimate of drug-likeness (QED) is 0.608. The van der Waals surface area contributed by atoms with Gasteiger partial charge in [0, 0.05) is 30.9 Å². The largest absolute Gasteiger partial charge is 0.289 e. The third-order valence-electron chi connectivity index (χ3n) is 4.33. The van der Waals surface area contributed by atoms with E-state index in [1.807, 2.05) is 29.3 Å². The summed E-state index contributed by atoms with van der Waals surface area (Å²) >= 11 is 9.68. The first-order valence-corrected chi connectivity index (χ1v) is 9.69. The number of amides is 1. The molecule has 0 aliphatic carbocycles. The van der Waals surface area contributed by atoms with E-state index in [9.17, 15) is 4.79 Å². The summed E-state index contributed by atoms with van der Waals surface area (Å²) in [4.78, 5) is 22.7. The molecule has 0 N–H and O–H groups in total. The second kappa shape index (κ2) is 7.05. The highest BCUT2D eigenvalue weighted by Gasteiger charge is 2.28. The number of nitrogens with zero attached hydrogens (tertiary/aromatic N) is 7. The van der Waals surface area contributed by atoms with Gasteiger partial charge in [-0.25, -0.2) is 14.6 Å². The topological polar surface area (TPSA) is 81.7 Å². The number of fused-ring (bicyclic) bond motifs is 1. The zero-order valence-corrected chi connectivity index (χ0v) is 17.1. The molecule has 1 amide bonds. The fourth-order valence-corrected chi connectivity index (χ4v) is 3.50. The molecular weight excluding hydrogens is 434 g/mol. The van der Waals surface area contributed by atoms with Crippen LogP contribution in [0.2, 0.25) is 5.02 Å². The highest BCUT2D eigenvalue weighted by Crippen LogP contribution is 2.33. The fraction of sp³-hybridized carbons (Fsp3) is 0.353. The van der Waals surface area contributed by atoms with Crippen LogP contribution in [-0.2, 0) is 17.9 Å². The molecule has 1 aliphatic heterocycles. The van der Waals surface area contributed by atoms with Crippen LogP contribution >= 0.6 is 27.5 Å². The van der Waals surface area contributed by atoms with Crippen LogP contribution in [0.25, 0.3) is 11.4 Å². The van der Waals surface area contributed by atoms with E-state index in [1.165, 1.54) is 0 Å². The van der Waals surface area contributed by atoms with Crippen molar-refractivity contribution in [2.45, 2.75) is 39.4 Å². The number of hydrogen-bond donors (Lipinski definition) is 0. The third kappa shape index (κ3) is 3.37. The minimum atomic E-state index is 0.0175. The molecule has 4 heterocycles. The standard InChI is InChI=1S/C17H17BrClN7O/c1-10(2)26-17(12(19)8-22-26)13-5-15-24(16(27)3-4-25(15)23-13)9-14-20-6-11(18)7-21-14/h5-8,10H,3-4,9H2,1-2H3. The molecule has 1 aliphatic rings. The first-order valence-electron chi connectivity index (χ1n) is 8.52. The highest BCUT2D eigenvalue weighted by atomic mass is 79.9. The molecule has 0 radical (unpaired) electrons. The third-order valence-corrected chi connectivity index (χ3v) is 5.02. The van der Waals surface area contributed by atoms with Crippen molar-refractivity contribution in [2.75, 3.05) is 4.90 Å². The predicted molar refractivity (Wildman–Crippen MR) is 104 cm³/mol. The molecule has 0 unspecified atom stereocenters. The smallest absolute Gasteiger partial charge is 0.230 e. The number of aromatic nitrogens is 6. The van der Waals surface area contributed by atoms with Crippen LogP contribution in [0.5, 0.6) is 0 Å². The highest BCUT2D eigenvalue weighted by molar-refractivity contribution is 9.10. The first kappa shape index (κ1) is 18.1. The molecule has 0 fully saturated rings. The first-order chi connectivity index (χ1) is 12.9. The molecule has 4 rings (SSSR count). The Balaban J connectivity index is 1.72. The molecule has 0 spiro atoms. The van der Waals surface area contributed by atoms with Gasteiger partial charge in [0.2, 0.25) is 5.91 Å². The number of rotatable bonds is 4. The zero-order valence-electron chi connectivity index (χ0n) is 14.8. The van der Waals surface area contributed by atoms with E-state index in [1.54, 1.807) is 23.5 Å². The van der Waals surface area contributed by atoms with Crippen molar-refractivity contribution in [3.63, 3.8) is 0 Å². The summed E-state index contributed by atoms with van der Waals surface area (Å²) < 4.78 is 4.45. The summed E-state index contributed by atoms with van der Waals surface area (Å²) in [6.07, 6.45) is 5.33. The van der Waals surface area contributed by atoms with Gasteiger partial charge in [-0.2, -0.15) is 10.2 Å². The SMILES string of the molecule is CC(C)n1ncc(Cl)c1-c1cc2n(n1)CCC(=O)N2Cc1ncc(Br)cn1. The zero-order chi connectivity index (χ0) is 19.1. The Kier molecular flexibility index (Phi) is 4.73. The Morgan fingerprint density at radius 3 is 2.70 bits per heavy atom. The predicted octanol–water partition coefficient (Wildman–Crippen LogP) is 3.47. The molecule has 0 bridgehead atoms. The number of halogens is 2. The number of anilines is 1. The van der Waals surface area contributed by atoms with E-state index in [-0.39, 0.29) is 18.5 Å². The lowest BCUT2D eigenvalue weighted by Gasteiger charge is -2.26. The number of hydrogen-bond acceptors (Lipinski definition) is 5. The Bertz CT molecular complexity index is 995. The van der Waals surface area contributed by atoms with Gasteiger partial charge in [0.1, 0.15) is 23.0 Å². The monoisotopic (exact) mass is 449 g/mol. The van der Waals surface area contributed by atoms with Gasteiger partial charge in [0.05, 0.1) is 28.8 Å². The summed E-state index contributed by atoms with van der Waals surface area (Å²) in [6.45, 7) is 4.88. The van der Waals surface area contributed by atoms with Crippen molar-refractivity contribution in [1.29, 1.82) is 0 Å². The van der Waals surface area contributed by atoms with Crippen LogP contribution in [0, 0.1) is 0 Å². The molecule has 0 saturated carbocycles. The van der Waals surface area contributed by atoms with Crippen LogP contribution in [0.4, 0.5) is 5.82 Å². The lowest BCUT2D eigenvalue weighted by atomic mass is 10.2. The van der Waals surface area contributed by atoms with Crippen LogP contribution in [0.3, 0.4) is 0 Å². The number of carbonyl (C=O) groups excluding carboxylic acids is 1. The minimum absolute atomic E-state index is 0.0175. The molecule has 8 nitrogen and oxygen atoms in total. The van der Waals surface area contributed by atoms with E-state index >= 15 is 0 Å². The molecular formula is C17H17BrClN7O. The van der Waals surface area contributed by atoms with E-state index in [0.717, 1.165) is 10.2 Å². The summed E-state index contributed by atoms with van der Waals surface area (Å²) in [6, 6.07) is 2.01. The normalized spacial score (nSPS) is 14.1. The van der Waals surface area contributed by atoms with Crippen LogP contribution in [0.1, 0.15) is 32.1 Å². The van der Waals surface area contributed by atoms with Crippen molar-refractivity contribution in [3.05, 3.63) is 40.0 Å². The van der Waals surface area contributed by atoms with Gasteiger partial charge >= 0.3 is 0 Å². The summed E-state index contributed by atoms with van der Waals surface area (Å²) in [5, 5.41) is 9.54. The maximum absolute atomic E-state index is 12.5. The van der Waals surface area contributed by atoms with Gasteiger partial charge in [-0.1, -0.05) is 11.6 Å². The van der Waals surface area contributed by atoms with Crippen molar-refractivity contribution < 1.29 is 4.79 Å². The molecule has 140 valence electrons. The Morgan fingerprint density at radius 2 is 2.00 bits per heavy atom. The second-order valence-electron chi connectivity index (χ2n) is 6.54. The minimum Gasteiger partial charge on any atom is -0.289 e. The average Bonchev–Trinajstić information content (AvgIpc) is 3.22. The number of aryl methyl sites for hydroxylation is 1. The maximum Gasteiger partial charge on any atom is 0.230 e. The van der Waals surface area contributed by atoms with Crippen molar-refractivity contribution in [3.8, 4) is 11.4 Å². The molecule has 3 aromatic heterocycles. The van der Waals surface area contributed by atoms with Crippen LogP contribution in [-0.4, -0.2) is 35.4 Å². The molecule has 0 aromatic carbocycles. The lowest BCUT2D eigenvalue weighted by molar-refractivity contribution is -0.119. The van der Waals surface area contributed by atoms with E-state index in [0.29, 0.717) is 35.3 Å². The van der Waals surface area contributed by atoms with Gasteiger partial charge in [0.15, 0.2) is 0 Å². The van der Waals surface area contributed by atoms with Gasteiger partial charge in [-0.05, 0) is 29.8 Å². The van der Waals surface area contributed by atoms with E-state index < -0.39 is 0 Å². The average molecular weight is 451 g/mol. The molecule has 0 saturated heterocycles. The van der Waals surface area contributed by atoms with Gasteiger partial charge < -0.3 is 0 Å². The van der Waals surface area contributed by atoms with Crippen molar-refractivity contribution in [2.24, 2.45) is 0 Å². The Labute approximate surface area is 169 Å². The van der Waals surface area contributed by atoms with Crippen LogP contribution in [0.15, 0.2) is 29.1 Å². The van der Waals surface area contributed by atoms with Gasteiger partial charge in [0.25, 0.3) is 0 Å². The summed E-state index contributed by atoms with van der Waals surface area (Å²) in [7, 11) is 0.